The van der Waals surface area contributed by atoms with Gasteiger partial charge in [0.1, 0.15) is 0 Å². The second-order valence-corrected chi connectivity index (χ2v) is 5.07. The van der Waals surface area contributed by atoms with Crippen molar-refractivity contribution in [2.75, 3.05) is 6.54 Å². The van der Waals surface area contributed by atoms with E-state index in [0.29, 0.717) is 13.0 Å². The molecule has 1 spiro atoms. The molecular formula is C12H18N2O. The average molecular weight is 206 g/mol. The minimum Gasteiger partial charge on any atom is -0.384 e. The first kappa shape index (κ1) is 9.43. The highest BCUT2D eigenvalue weighted by Crippen LogP contribution is 2.64. The SMILES string of the molecule is NCCC1(O)c2c[nH]cc2CCC12CC2. The molecule has 0 aliphatic heterocycles. The average Bonchev–Trinajstić information content (AvgIpc) is 2.84. The summed E-state index contributed by atoms with van der Waals surface area (Å²) in [6.45, 7) is 0.558. The van der Waals surface area contributed by atoms with Gasteiger partial charge in [0.2, 0.25) is 0 Å². The molecule has 3 heteroatoms. The van der Waals surface area contributed by atoms with Gasteiger partial charge >= 0.3 is 0 Å². The number of aryl methyl sites for hydroxylation is 1. The summed E-state index contributed by atoms with van der Waals surface area (Å²) in [4.78, 5) is 3.12. The lowest BCUT2D eigenvalue weighted by atomic mass is 9.69. The van der Waals surface area contributed by atoms with Gasteiger partial charge in [0.15, 0.2) is 0 Å². The number of hydrogen-bond acceptors (Lipinski definition) is 2. The Morgan fingerprint density at radius 1 is 1.33 bits per heavy atom. The van der Waals surface area contributed by atoms with E-state index in [9.17, 15) is 5.11 Å². The van der Waals surface area contributed by atoms with Crippen molar-refractivity contribution >= 4 is 0 Å². The molecule has 2 aliphatic rings. The van der Waals surface area contributed by atoms with E-state index >= 15 is 0 Å². The van der Waals surface area contributed by atoms with Crippen molar-refractivity contribution in [3.8, 4) is 0 Å². The van der Waals surface area contributed by atoms with Crippen LogP contribution in [0.4, 0.5) is 0 Å². The molecule has 0 bridgehead atoms. The van der Waals surface area contributed by atoms with Gasteiger partial charge in [-0.25, -0.2) is 0 Å². The minimum absolute atomic E-state index is 0.154. The summed E-state index contributed by atoms with van der Waals surface area (Å²) in [5, 5.41) is 10.9. The van der Waals surface area contributed by atoms with Gasteiger partial charge in [-0.15, -0.1) is 0 Å². The van der Waals surface area contributed by atoms with Crippen LogP contribution in [0.15, 0.2) is 12.4 Å². The fraction of sp³-hybridized carbons (Fsp3) is 0.667. The molecule has 0 aromatic carbocycles. The largest absolute Gasteiger partial charge is 0.384 e. The number of nitrogens with two attached hydrogens (primary N) is 1. The van der Waals surface area contributed by atoms with Gasteiger partial charge in [-0.1, -0.05) is 0 Å². The fourth-order valence-electron chi connectivity index (χ4n) is 3.28. The van der Waals surface area contributed by atoms with Gasteiger partial charge in [-0.2, -0.15) is 0 Å². The van der Waals surface area contributed by atoms with Gasteiger partial charge in [0, 0.05) is 23.4 Å². The molecular weight excluding hydrogens is 188 g/mol. The van der Waals surface area contributed by atoms with Crippen molar-refractivity contribution in [2.24, 2.45) is 11.1 Å². The maximum atomic E-state index is 10.9. The summed E-state index contributed by atoms with van der Waals surface area (Å²) >= 11 is 0. The third kappa shape index (κ3) is 1.08. The zero-order valence-corrected chi connectivity index (χ0v) is 8.92. The summed E-state index contributed by atoms with van der Waals surface area (Å²) in [7, 11) is 0. The second-order valence-electron chi connectivity index (χ2n) is 5.07. The number of nitrogens with one attached hydrogen (secondary N) is 1. The van der Waals surface area contributed by atoms with E-state index in [1.165, 1.54) is 5.56 Å². The number of fused-ring (bicyclic) bond motifs is 1. The third-order valence-corrected chi connectivity index (χ3v) is 4.39. The van der Waals surface area contributed by atoms with Crippen molar-refractivity contribution in [2.45, 2.75) is 37.7 Å². The molecule has 82 valence electrons. The van der Waals surface area contributed by atoms with E-state index in [1.54, 1.807) is 0 Å². The number of H-pyrrole nitrogens is 1. The monoisotopic (exact) mass is 206 g/mol. The lowest BCUT2D eigenvalue weighted by molar-refractivity contribution is -0.0555. The lowest BCUT2D eigenvalue weighted by Crippen LogP contribution is -2.42. The standard InChI is InChI=1S/C12H18N2O/c13-6-5-12(15)10-8-14-7-9(10)1-2-11(12)3-4-11/h7-8,14-15H,1-6,13H2. The molecule has 1 fully saturated rings. The normalized spacial score (nSPS) is 31.6. The molecule has 1 atom stereocenters. The van der Waals surface area contributed by atoms with Crippen molar-refractivity contribution in [3.63, 3.8) is 0 Å². The van der Waals surface area contributed by atoms with Crippen LogP contribution in [0.1, 0.15) is 36.8 Å². The molecule has 1 saturated carbocycles. The van der Waals surface area contributed by atoms with E-state index in [4.69, 9.17) is 5.73 Å². The zero-order chi connectivity index (χ0) is 10.5. The predicted octanol–water partition coefficient (Wildman–Crippen LogP) is 1.28. The molecule has 15 heavy (non-hydrogen) atoms. The molecule has 0 saturated heterocycles. The van der Waals surface area contributed by atoms with Crippen LogP contribution >= 0.6 is 0 Å². The molecule has 0 amide bonds. The summed E-state index contributed by atoms with van der Waals surface area (Å²) in [6.07, 6.45) is 9.22. The van der Waals surface area contributed by atoms with Crippen LogP contribution in [0.5, 0.6) is 0 Å². The van der Waals surface area contributed by atoms with E-state index < -0.39 is 5.60 Å². The molecule has 1 aromatic heterocycles. The van der Waals surface area contributed by atoms with Crippen LogP contribution in [-0.4, -0.2) is 16.6 Å². The molecule has 0 radical (unpaired) electrons. The first-order valence-electron chi connectivity index (χ1n) is 5.80. The van der Waals surface area contributed by atoms with Crippen LogP contribution in [-0.2, 0) is 12.0 Å². The highest BCUT2D eigenvalue weighted by Gasteiger charge is 2.60. The molecule has 1 unspecified atom stereocenters. The van der Waals surface area contributed by atoms with Crippen LogP contribution in [0.25, 0.3) is 0 Å². The Labute approximate surface area is 89.7 Å². The van der Waals surface area contributed by atoms with Crippen molar-refractivity contribution in [3.05, 3.63) is 23.5 Å². The molecule has 2 aliphatic carbocycles. The highest BCUT2D eigenvalue weighted by atomic mass is 16.3. The first-order chi connectivity index (χ1) is 7.22. The summed E-state index contributed by atoms with van der Waals surface area (Å²) in [6, 6.07) is 0. The fourth-order valence-corrected chi connectivity index (χ4v) is 3.28. The van der Waals surface area contributed by atoms with Crippen LogP contribution in [0, 0.1) is 5.41 Å². The van der Waals surface area contributed by atoms with Gasteiger partial charge < -0.3 is 15.8 Å². The van der Waals surface area contributed by atoms with E-state index in [-0.39, 0.29) is 5.41 Å². The van der Waals surface area contributed by atoms with Gasteiger partial charge in [0.05, 0.1) is 5.60 Å². The summed E-state index contributed by atoms with van der Waals surface area (Å²) < 4.78 is 0. The summed E-state index contributed by atoms with van der Waals surface area (Å²) in [5.74, 6) is 0. The maximum absolute atomic E-state index is 10.9. The van der Waals surface area contributed by atoms with Gasteiger partial charge in [0.25, 0.3) is 0 Å². The van der Waals surface area contributed by atoms with E-state index in [2.05, 4.69) is 4.98 Å². The number of aliphatic hydroxyl groups is 1. The Kier molecular flexibility index (Phi) is 1.80. The third-order valence-electron chi connectivity index (χ3n) is 4.39. The predicted molar refractivity (Wildman–Crippen MR) is 58.3 cm³/mol. The smallest absolute Gasteiger partial charge is 0.0981 e. The Morgan fingerprint density at radius 2 is 2.13 bits per heavy atom. The molecule has 1 heterocycles. The summed E-state index contributed by atoms with van der Waals surface area (Å²) in [5.41, 5.74) is 7.54. The first-order valence-corrected chi connectivity index (χ1v) is 5.80. The van der Waals surface area contributed by atoms with Crippen LogP contribution in [0.3, 0.4) is 0 Å². The Balaban J connectivity index is 2.08. The minimum atomic E-state index is -0.657. The van der Waals surface area contributed by atoms with Crippen LogP contribution < -0.4 is 5.73 Å². The highest BCUT2D eigenvalue weighted by molar-refractivity contribution is 5.37. The van der Waals surface area contributed by atoms with Gasteiger partial charge in [-0.05, 0) is 44.2 Å². The number of aromatic nitrogens is 1. The Morgan fingerprint density at radius 3 is 2.80 bits per heavy atom. The molecule has 3 nitrogen and oxygen atoms in total. The number of aromatic amines is 1. The number of hydrogen-bond donors (Lipinski definition) is 3. The second kappa shape index (κ2) is 2.86. The number of rotatable bonds is 2. The lowest BCUT2D eigenvalue weighted by Gasteiger charge is -2.41. The van der Waals surface area contributed by atoms with Gasteiger partial charge in [-0.3, -0.25) is 0 Å². The van der Waals surface area contributed by atoms with Crippen molar-refractivity contribution in [1.29, 1.82) is 0 Å². The topological polar surface area (TPSA) is 62.0 Å². The van der Waals surface area contributed by atoms with Crippen LogP contribution in [0.2, 0.25) is 0 Å². The molecule has 3 rings (SSSR count). The zero-order valence-electron chi connectivity index (χ0n) is 8.92. The molecule has 4 N–H and O–H groups in total. The van der Waals surface area contributed by atoms with E-state index in [0.717, 1.165) is 31.2 Å². The Bertz CT molecular complexity index is 381. The molecule has 1 aromatic rings. The maximum Gasteiger partial charge on any atom is 0.0981 e. The Hall–Kier alpha value is -0.800. The van der Waals surface area contributed by atoms with Crippen molar-refractivity contribution in [1.82, 2.24) is 4.98 Å². The quantitative estimate of drug-likeness (QED) is 0.682. The van der Waals surface area contributed by atoms with E-state index in [1.807, 2.05) is 12.4 Å². The van der Waals surface area contributed by atoms with Crippen molar-refractivity contribution < 1.29 is 5.11 Å².